The first kappa shape index (κ1) is 18.6. The van der Waals surface area contributed by atoms with Crippen LogP contribution < -0.4 is 14.2 Å². The van der Waals surface area contributed by atoms with Crippen LogP contribution in [0.2, 0.25) is 0 Å². The van der Waals surface area contributed by atoms with Crippen LogP contribution in [0.15, 0.2) is 36.4 Å². The zero-order valence-electron chi connectivity index (χ0n) is 14.3. The van der Waals surface area contributed by atoms with E-state index >= 15 is 0 Å². The summed E-state index contributed by atoms with van der Waals surface area (Å²) in [5.74, 6) is -0.449. The summed E-state index contributed by atoms with van der Waals surface area (Å²) >= 11 is 0. The number of methoxy groups -OCH3 is 2. The molecule has 0 fully saturated rings. The Balaban J connectivity index is 1.95. The molecule has 0 aliphatic carbocycles. The van der Waals surface area contributed by atoms with Crippen LogP contribution in [0.3, 0.4) is 0 Å². The lowest BCUT2D eigenvalue weighted by Gasteiger charge is -2.11. The molecule has 0 amide bonds. The van der Waals surface area contributed by atoms with Gasteiger partial charge in [0.1, 0.15) is 5.75 Å². The first-order chi connectivity index (χ1) is 12.0. The summed E-state index contributed by atoms with van der Waals surface area (Å²) in [4.78, 5) is 10.5. The fraction of sp³-hybridized carbons (Fsp3) is 0.316. The smallest absolute Gasteiger partial charge is 0.341 e. The molecule has 134 valence electrons. The molecule has 0 atom stereocenters. The Kier molecular flexibility index (Phi) is 6.62. The van der Waals surface area contributed by atoms with E-state index in [1.54, 1.807) is 12.1 Å². The summed E-state index contributed by atoms with van der Waals surface area (Å²) < 4.78 is 29.3. The number of carbonyl (C=O) groups is 1. The third-order valence-electron chi connectivity index (χ3n) is 3.69. The Bertz CT molecular complexity index is 730. The van der Waals surface area contributed by atoms with Crippen molar-refractivity contribution in [2.75, 3.05) is 20.8 Å². The van der Waals surface area contributed by atoms with Gasteiger partial charge in [-0.2, -0.15) is 0 Å². The highest BCUT2D eigenvalue weighted by atomic mass is 19.1. The first-order valence-corrected chi connectivity index (χ1v) is 7.87. The van der Waals surface area contributed by atoms with Crippen molar-refractivity contribution >= 4 is 5.97 Å². The third kappa shape index (κ3) is 5.38. The normalized spacial score (nSPS) is 10.4. The van der Waals surface area contributed by atoms with Gasteiger partial charge in [0, 0.05) is 0 Å². The van der Waals surface area contributed by atoms with E-state index < -0.39 is 11.8 Å². The van der Waals surface area contributed by atoms with E-state index in [1.165, 1.54) is 20.3 Å². The number of hydrogen-bond acceptors (Lipinski definition) is 4. The molecule has 2 aromatic carbocycles. The maximum atomic E-state index is 14.0. The van der Waals surface area contributed by atoms with Gasteiger partial charge in [-0.1, -0.05) is 12.1 Å². The topological polar surface area (TPSA) is 65.0 Å². The van der Waals surface area contributed by atoms with Gasteiger partial charge in [0.2, 0.25) is 0 Å². The van der Waals surface area contributed by atoms with Gasteiger partial charge in [0.05, 0.1) is 14.2 Å². The molecule has 1 N–H and O–H groups in total. The van der Waals surface area contributed by atoms with Crippen molar-refractivity contribution in [1.82, 2.24) is 0 Å². The van der Waals surface area contributed by atoms with Crippen LogP contribution in [-0.4, -0.2) is 31.9 Å². The van der Waals surface area contributed by atoms with Gasteiger partial charge in [-0.15, -0.1) is 0 Å². The van der Waals surface area contributed by atoms with Gasteiger partial charge in [-0.25, -0.2) is 9.18 Å². The van der Waals surface area contributed by atoms with E-state index in [-0.39, 0.29) is 12.4 Å². The molecule has 5 nitrogen and oxygen atoms in total. The predicted octanol–water partition coefficient (Wildman–Crippen LogP) is 3.48. The van der Waals surface area contributed by atoms with Crippen molar-refractivity contribution in [3.8, 4) is 17.2 Å². The highest BCUT2D eigenvalue weighted by Gasteiger charge is 2.12. The first-order valence-electron chi connectivity index (χ1n) is 7.87. The lowest BCUT2D eigenvalue weighted by molar-refractivity contribution is -0.139. The summed E-state index contributed by atoms with van der Waals surface area (Å²) in [6, 6.07) is 10.5. The van der Waals surface area contributed by atoms with Crippen molar-refractivity contribution in [1.29, 1.82) is 0 Å². The highest BCUT2D eigenvalue weighted by Crippen LogP contribution is 2.31. The van der Waals surface area contributed by atoms with E-state index in [1.807, 2.05) is 18.2 Å². The standard InChI is InChI=1S/C19H21FO5/c1-23-17-11-14(10-16(20)19(17)24-2)7-3-5-13-6-4-8-15(9-13)25-12-18(21)22/h4,6,8-11H,3,5,7,12H2,1-2H3,(H,21,22). The van der Waals surface area contributed by atoms with Crippen molar-refractivity contribution in [2.45, 2.75) is 19.3 Å². The number of halogens is 1. The molecule has 0 spiro atoms. The molecule has 2 rings (SSSR count). The number of carboxylic acid groups (broad SMARTS) is 1. The van der Waals surface area contributed by atoms with Crippen LogP contribution in [-0.2, 0) is 17.6 Å². The van der Waals surface area contributed by atoms with E-state index in [0.717, 1.165) is 24.0 Å². The van der Waals surface area contributed by atoms with Crippen molar-refractivity contribution in [3.63, 3.8) is 0 Å². The zero-order chi connectivity index (χ0) is 18.2. The molecule has 6 heteroatoms. The Morgan fingerprint density at radius 2 is 1.84 bits per heavy atom. The molecule has 0 heterocycles. The average Bonchev–Trinajstić information content (AvgIpc) is 2.60. The molecule has 0 unspecified atom stereocenters. The third-order valence-corrected chi connectivity index (χ3v) is 3.69. The Morgan fingerprint density at radius 1 is 1.08 bits per heavy atom. The summed E-state index contributed by atoms with van der Waals surface area (Å²) in [6.07, 6.45) is 2.25. The zero-order valence-corrected chi connectivity index (χ0v) is 14.3. The van der Waals surface area contributed by atoms with Crippen LogP contribution >= 0.6 is 0 Å². The summed E-state index contributed by atoms with van der Waals surface area (Å²) in [7, 11) is 2.88. The number of rotatable bonds is 9. The van der Waals surface area contributed by atoms with Gasteiger partial charge >= 0.3 is 5.97 Å². The number of benzene rings is 2. The van der Waals surface area contributed by atoms with Gasteiger partial charge in [0.25, 0.3) is 0 Å². The van der Waals surface area contributed by atoms with Crippen LogP contribution in [0.4, 0.5) is 4.39 Å². The number of carboxylic acids is 1. The molecule has 0 bridgehead atoms. The fourth-order valence-electron chi connectivity index (χ4n) is 2.55. The highest BCUT2D eigenvalue weighted by molar-refractivity contribution is 5.68. The molecule has 0 aliphatic heterocycles. The Morgan fingerprint density at radius 3 is 2.52 bits per heavy atom. The largest absolute Gasteiger partial charge is 0.493 e. The van der Waals surface area contributed by atoms with Crippen LogP contribution in [0.1, 0.15) is 17.5 Å². The fourth-order valence-corrected chi connectivity index (χ4v) is 2.55. The molecule has 0 aliphatic rings. The number of aryl methyl sites for hydroxylation is 2. The number of ether oxygens (including phenoxy) is 3. The van der Waals surface area contributed by atoms with Crippen LogP contribution in [0.25, 0.3) is 0 Å². The van der Waals surface area contributed by atoms with E-state index in [0.29, 0.717) is 17.9 Å². The molecule has 25 heavy (non-hydrogen) atoms. The van der Waals surface area contributed by atoms with Crippen molar-refractivity contribution in [3.05, 3.63) is 53.3 Å². The second kappa shape index (κ2) is 8.92. The molecule has 0 saturated carbocycles. The Hall–Kier alpha value is -2.76. The van der Waals surface area contributed by atoms with Crippen molar-refractivity contribution < 1.29 is 28.5 Å². The monoisotopic (exact) mass is 348 g/mol. The van der Waals surface area contributed by atoms with Crippen molar-refractivity contribution in [2.24, 2.45) is 0 Å². The van der Waals surface area contributed by atoms with Gasteiger partial charge < -0.3 is 19.3 Å². The minimum Gasteiger partial charge on any atom is -0.493 e. The molecule has 0 aromatic heterocycles. The lowest BCUT2D eigenvalue weighted by Crippen LogP contribution is -2.09. The summed E-state index contributed by atoms with van der Waals surface area (Å²) in [5, 5.41) is 8.64. The average molecular weight is 348 g/mol. The summed E-state index contributed by atoms with van der Waals surface area (Å²) in [5.41, 5.74) is 1.86. The molecular weight excluding hydrogens is 327 g/mol. The maximum Gasteiger partial charge on any atom is 0.341 e. The predicted molar refractivity (Wildman–Crippen MR) is 91.1 cm³/mol. The number of hydrogen-bond donors (Lipinski definition) is 1. The maximum absolute atomic E-state index is 14.0. The van der Waals surface area contributed by atoms with Gasteiger partial charge in [-0.3, -0.25) is 0 Å². The van der Waals surface area contributed by atoms with Crippen LogP contribution in [0, 0.1) is 5.82 Å². The van der Waals surface area contributed by atoms with Gasteiger partial charge in [0.15, 0.2) is 23.9 Å². The molecule has 0 saturated heterocycles. The Labute approximate surface area is 146 Å². The SMILES string of the molecule is COc1cc(CCCc2cccc(OCC(=O)O)c2)cc(F)c1OC. The molecule has 0 radical (unpaired) electrons. The van der Waals surface area contributed by atoms with Gasteiger partial charge in [-0.05, 0) is 54.7 Å². The minimum absolute atomic E-state index is 0.106. The van der Waals surface area contributed by atoms with Crippen LogP contribution in [0.5, 0.6) is 17.2 Å². The van der Waals surface area contributed by atoms with E-state index in [2.05, 4.69) is 0 Å². The number of aliphatic carboxylic acids is 1. The minimum atomic E-state index is -1.01. The second-order valence-corrected chi connectivity index (χ2v) is 5.50. The molecular formula is C19H21FO5. The van der Waals surface area contributed by atoms with E-state index in [4.69, 9.17) is 19.3 Å². The quantitative estimate of drug-likeness (QED) is 0.752. The molecule has 2 aromatic rings. The summed E-state index contributed by atoms with van der Waals surface area (Å²) in [6.45, 7) is -0.367. The lowest BCUT2D eigenvalue weighted by atomic mass is 10.0. The second-order valence-electron chi connectivity index (χ2n) is 5.50. The van der Waals surface area contributed by atoms with E-state index in [9.17, 15) is 9.18 Å².